The fourth-order valence-corrected chi connectivity index (χ4v) is 1.78. The van der Waals surface area contributed by atoms with E-state index in [4.69, 9.17) is 9.47 Å². The van der Waals surface area contributed by atoms with Gasteiger partial charge in [-0.15, -0.1) is 0 Å². The van der Waals surface area contributed by atoms with Crippen LogP contribution in [0.25, 0.3) is 0 Å². The molecular formula is C17H24O3. The molecule has 0 spiro atoms. The van der Waals surface area contributed by atoms with Gasteiger partial charge in [0.05, 0.1) is 12.7 Å². The molecule has 0 aliphatic heterocycles. The fraction of sp³-hybridized carbons (Fsp3) is 0.471. The molecule has 0 amide bonds. The SMILES string of the molecule is COC(=O)c1ccc(OCC=C(C)C)c(C(C)(C)C)c1. The van der Waals surface area contributed by atoms with Gasteiger partial charge >= 0.3 is 5.97 Å². The van der Waals surface area contributed by atoms with E-state index in [0.29, 0.717) is 12.2 Å². The summed E-state index contributed by atoms with van der Waals surface area (Å²) in [6, 6.07) is 5.42. The number of hydrogen-bond acceptors (Lipinski definition) is 3. The Morgan fingerprint density at radius 1 is 1.25 bits per heavy atom. The van der Waals surface area contributed by atoms with Gasteiger partial charge in [0.25, 0.3) is 0 Å². The molecule has 3 nitrogen and oxygen atoms in total. The van der Waals surface area contributed by atoms with Crippen molar-refractivity contribution in [3.8, 4) is 5.75 Å². The summed E-state index contributed by atoms with van der Waals surface area (Å²) in [5, 5.41) is 0. The standard InChI is InChI=1S/C17H24O3/c1-12(2)9-10-20-15-8-7-13(16(18)19-6)11-14(15)17(3,4)5/h7-9,11H,10H2,1-6H3. The Hall–Kier alpha value is -1.77. The number of hydrogen-bond donors (Lipinski definition) is 0. The molecule has 0 atom stereocenters. The second-order valence-corrected chi connectivity index (χ2v) is 6.04. The second-order valence-electron chi connectivity index (χ2n) is 6.04. The molecule has 0 N–H and O–H groups in total. The lowest BCUT2D eigenvalue weighted by Gasteiger charge is -2.23. The highest BCUT2D eigenvalue weighted by molar-refractivity contribution is 5.89. The van der Waals surface area contributed by atoms with E-state index >= 15 is 0 Å². The average Bonchev–Trinajstić information content (AvgIpc) is 2.36. The molecule has 20 heavy (non-hydrogen) atoms. The zero-order valence-corrected chi connectivity index (χ0v) is 13.2. The minimum absolute atomic E-state index is 0.107. The van der Waals surface area contributed by atoms with Crippen LogP contribution in [0.3, 0.4) is 0 Å². The van der Waals surface area contributed by atoms with E-state index in [9.17, 15) is 4.79 Å². The van der Waals surface area contributed by atoms with E-state index in [2.05, 4.69) is 20.8 Å². The summed E-state index contributed by atoms with van der Waals surface area (Å²) in [6.45, 7) is 10.9. The largest absolute Gasteiger partial charge is 0.489 e. The van der Waals surface area contributed by atoms with Crippen LogP contribution in [0.5, 0.6) is 5.75 Å². The van der Waals surface area contributed by atoms with Gasteiger partial charge in [-0.25, -0.2) is 4.79 Å². The Kier molecular flexibility index (Phi) is 5.37. The van der Waals surface area contributed by atoms with E-state index in [1.165, 1.54) is 12.7 Å². The summed E-state index contributed by atoms with van der Waals surface area (Å²) in [6.07, 6.45) is 2.03. The molecule has 0 aliphatic carbocycles. The van der Waals surface area contributed by atoms with Gasteiger partial charge in [0, 0.05) is 5.56 Å². The van der Waals surface area contributed by atoms with Gasteiger partial charge in [-0.05, 0) is 43.5 Å². The van der Waals surface area contributed by atoms with E-state index in [1.54, 1.807) is 6.07 Å². The minimum Gasteiger partial charge on any atom is -0.489 e. The summed E-state index contributed by atoms with van der Waals surface area (Å²) < 4.78 is 10.6. The third-order valence-electron chi connectivity index (χ3n) is 2.94. The highest BCUT2D eigenvalue weighted by Gasteiger charge is 2.21. The zero-order valence-electron chi connectivity index (χ0n) is 13.2. The van der Waals surface area contributed by atoms with Crippen LogP contribution in [0, 0.1) is 0 Å². The van der Waals surface area contributed by atoms with Crippen LogP contribution < -0.4 is 4.74 Å². The second kappa shape index (κ2) is 6.60. The lowest BCUT2D eigenvalue weighted by molar-refractivity contribution is 0.0600. The van der Waals surface area contributed by atoms with E-state index in [1.807, 2.05) is 32.1 Å². The first kappa shape index (κ1) is 16.3. The third-order valence-corrected chi connectivity index (χ3v) is 2.94. The lowest BCUT2D eigenvalue weighted by Crippen LogP contribution is -2.15. The van der Waals surface area contributed by atoms with Gasteiger partial charge in [-0.2, -0.15) is 0 Å². The zero-order chi connectivity index (χ0) is 15.3. The highest BCUT2D eigenvalue weighted by atomic mass is 16.5. The molecule has 0 saturated carbocycles. The van der Waals surface area contributed by atoms with Crippen LogP contribution in [0.1, 0.15) is 50.5 Å². The van der Waals surface area contributed by atoms with E-state index < -0.39 is 0 Å². The van der Waals surface area contributed by atoms with Crippen LogP contribution in [0.4, 0.5) is 0 Å². The molecule has 0 fully saturated rings. The number of carbonyl (C=O) groups excluding carboxylic acids is 1. The smallest absolute Gasteiger partial charge is 0.337 e. The average molecular weight is 276 g/mol. The van der Waals surface area contributed by atoms with Crippen LogP contribution in [0.2, 0.25) is 0 Å². The molecule has 0 aromatic heterocycles. The molecule has 3 heteroatoms. The predicted molar refractivity (Wildman–Crippen MR) is 81.4 cm³/mol. The van der Waals surface area contributed by atoms with Crippen molar-refractivity contribution in [2.75, 3.05) is 13.7 Å². The van der Waals surface area contributed by atoms with Crippen molar-refractivity contribution >= 4 is 5.97 Å². The van der Waals surface area contributed by atoms with Crippen molar-refractivity contribution in [3.63, 3.8) is 0 Å². The van der Waals surface area contributed by atoms with Crippen molar-refractivity contribution < 1.29 is 14.3 Å². The summed E-state index contributed by atoms with van der Waals surface area (Å²) >= 11 is 0. The highest BCUT2D eigenvalue weighted by Crippen LogP contribution is 2.32. The molecule has 0 radical (unpaired) electrons. The Morgan fingerprint density at radius 2 is 1.90 bits per heavy atom. The summed E-state index contributed by atoms with van der Waals surface area (Å²) in [5.74, 6) is 0.481. The van der Waals surface area contributed by atoms with Gasteiger partial charge in [0.1, 0.15) is 12.4 Å². The van der Waals surface area contributed by atoms with Crippen molar-refractivity contribution in [2.45, 2.75) is 40.0 Å². The van der Waals surface area contributed by atoms with E-state index in [0.717, 1.165) is 11.3 Å². The summed E-state index contributed by atoms with van der Waals surface area (Å²) in [5.41, 5.74) is 2.66. The topological polar surface area (TPSA) is 35.5 Å². The van der Waals surface area contributed by atoms with Gasteiger partial charge in [-0.3, -0.25) is 0 Å². The monoisotopic (exact) mass is 276 g/mol. The fourth-order valence-electron chi connectivity index (χ4n) is 1.78. The van der Waals surface area contributed by atoms with Gasteiger partial charge in [0.2, 0.25) is 0 Å². The molecule has 1 rings (SSSR count). The number of ether oxygens (including phenoxy) is 2. The number of methoxy groups -OCH3 is 1. The molecular weight excluding hydrogens is 252 g/mol. The molecule has 0 unspecified atom stereocenters. The van der Waals surface area contributed by atoms with Crippen LogP contribution in [-0.2, 0) is 10.2 Å². The molecule has 110 valence electrons. The Balaban J connectivity index is 3.11. The molecule has 0 aliphatic rings. The maximum absolute atomic E-state index is 11.6. The third kappa shape index (κ3) is 4.41. The van der Waals surface area contributed by atoms with Gasteiger partial charge in [0.15, 0.2) is 0 Å². The van der Waals surface area contributed by atoms with Crippen LogP contribution >= 0.6 is 0 Å². The first-order valence-corrected chi connectivity index (χ1v) is 6.74. The Labute approximate surface area is 121 Å². The molecule has 1 aromatic carbocycles. The van der Waals surface area contributed by atoms with Crippen molar-refractivity contribution in [1.29, 1.82) is 0 Å². The van der Waals surface area contributed by atoms with Crippen LogP contribution in [0.15, 0.2) is 29.8 Å². The maximum atomic E-state index is 11.6. The summed E-state index contributed by atoms with van der Waals surface area (Å²) in [7, 11) is 1.39. The quantitative estimate of drug-likeness (QED) is 0.613. The Bertz CT molecular complexity index is 503. The molecule has 0 heterocycles. The maximum Gasteiger partial charge on any atom is 0.337 e. The van der Waals surface area contributed by atoms with Crippen molar-refractivity contribution in [3.05, 3.63) is 41.0 Å². The molecule has 0 saturated heterocycles. The number of esters is 1. The summed E-state index contributed by atoms with van der Waals surface area (Å²) in [4.78, 5) is 11.6. The minimum atomic E-state index is -0.327. The van der Waals surface area contributed by atoms with Crippen LogP contribution in [-0.4, -0.2) is 19.7 Å². The first-order valence-electron chi connectivity index (χ1n) is 6.74. The van der Waals surface area contributed by atoms with Gasteiger partial charge in [-0.1, -0.05) is 26.3 Å². The number of rotatable bonds is 4. The molecule has 0 bridgehead atoms. The Morgan fingerprint density at radius 3 is 2.40 bits per heavy atom. The normalized spacial score (nSPS) is 10.9. The predicted octanol–water partition coefficient (Wildman–Crippen LogP) is 4.12. The number of carbonyl (C=O) groups is 1. The number of benzene rings is 1. The first-order chi connectivity index (χ1) is 9.25. The van der Waals surface area contributed by atoms with Gasteiger partial charge < -0.3 is 9.47 Å². The molecule has 1 aromatic rings. The van der Waals surface area contributed by atoms with E-state index in [-0.39, 0.29) is 11.4 Å². The van der Waals surface area contributed by atoms with Crippen molar-refractivity contribution in [2.24, 2.45) is 0 Å². The van der Waals surface area contributed by atoms with Crippen molar-refractivity contribution in [1.82, 2.24) is 0 Å². The lowest BCUT2D eigenvalue weighted by atomic mass is 9.85. The number of allylic oxidation sites excluding steroid dienone is 1.